The number of benzene rings is 3. The number of imidazole rings is 1. The molecule has 4 aromatic rings. The van der Waals surface area contributed by atoms with Crippen LogP contribution in [0.15, 0.2) is 60.7 Å². The van der Waals surface area contributed by atoms with E-state index in [9.17, 15) is 14.0 Å². The Morgan fingerprint density at radius 1 is 1.06 bits per heavy atom. The van der Waals surface area contributed by atoms with Crippen LogP contribution in [0.1, 0.15) is 30.6 Å². The quantitative estimate of drug-likeness (QED) is 0.315. The van der Waals surface area contributed by atoms with Gasteiger partial charge in [-0.1, -0.05) is 38.1 Å². The normalized spacial score (nSPS) is 11.2. The summed E-state index contributed by atoms with van der Waals surface area (Å²) in [6.45, 7) is 4.19. The van der Waals surface area contributed by atoms with E-state index >= 15 is 0 Å². The van der Waals surface area contributed by atoms with Crippen LogP contribution in [-0.2, 0) is 11.3 Å². The molecule has 4 rings (SSSR count). The van der Waals surface area contributed by atoms with Crippen LogP contribution < -0.4 is 4.74 Å². The number of rotatable bonds is 8. The monoisotopic (exact) mass is 444 g/mol. The molecule has 0 N–H and O–H groups in total. The Morgan fingerprint density at radius 3 is 2.55 bits per heavy atom. The van der Waals surface area contributed by atoms with Gasteiger partial charge in [-0.25, -0.2) is 9.37 Å². The lowest BCUT2D eigenvalue weighted by molar-refractivity contribution is -0.120. The van der Waals surface area contributed by atoms with E-state index in [2.05, 4.69) is 0 Å². The van der Waals surface area contributed by atoms with E-state index < -0.39 is 5.82 Å². The molecule has 0 aliphatic rings. The Bertz CT molecular complexity index is 1340. The van der Waals surface area contributed by atoms with Gasteiger partial charge >= 0.3 is 0 Å². The molecule has 0 radical (unpaired) electrons. The number of methoxy groups -OCH3 is 1. The van der Waals surface area contributed by atoms with E-state index in [0.717, 1.165) is 22.9 Å². The van der Waals surface area contributed by atoms with Crippen LogP contribution in [0, 0.1) is 11.7 Å². The Kier molecular flexibility index (Phi) is 6.36. The molecular weight excluding hydrogens is 419 g/mol. The molecule has 0 saturated heterocycles. The SMILES string of the molecule is COc1cc(-c2nc3cc(-c4cccc(C=O)c4)ccc3n2CC(=O)CC(C)C)ccc1F. The molecule has 33 heavy (non-hydrogen) atoms. The summed E-state index contributed by atoms with van der Waals surface area (Å²) in [5, 5.41) is 0. The Morgan fingerprint density at radius 2 is 1.82 bits per heavy atom. The molecule has 0 unspecified atom stereocenters. The Labute approximate surface area is 191 Å². The summed E-state index contributed by atoms with van der Waals surface area (Å²) in [6, 6.07) is 17.7. The Hall–Kier alpha value is -3.80. The highest BCUT2D eigenvalue weighted by molar-refractivity contribution is 5.89. The number of hydrogen-bond acceptors (Lipinski definition) is 4. The predicted octanol–water partition coefficient (Wildman–Crippen LogP) is 5.95. The zero-order chi connectivity index (χ0) is 23.5. The molecule has 0 fully saturated rings. The van der Waals surface area contributed by atoms with Crippen molar-refractivity contribution < 1.29 is 18.7 Å². The molecule has 168 valence electrons. The number of fused-ring (bicyclic) bond motifs is 1. The number of carbonyl (C=O) groups is 2. The van der Waals surface area contributed by atoms with Crippen LogP contribution in [0.25, 0.3) is 33.5 Å². The third kappa shape index (κ3) is 4.70. The van der Waals surface area contributed by atoms with Crippen LogP contribution in [-0.4, -0.2) is 28.7 Å². The van der Waals surface area contributed by atoms with E-state index in [1.165, 1.54) is 13.2 Å². The summed E-state index contributed by atoms with van der Waals surface area (Å²) in [4.78, 5) is 28.7. The highest BCUT2D eigenvalue weighted by Gasteiger charge is 2.18. The van der Waals surface area contributed by atoms with Gasteiger partial charge < -0.3 is 9.30 Å². The van der Waals surface area contributed by atoms with Crippen molar-refractivity contribution in [1.82, 2.24) is 9.55 Å². The summed E-state index contributed by atoms with van der Waals surface area (Å²) in [5.74, 6) is 0.572. The van der Waals surface area contributed by atoms with Gasteiger partial charge in [0.05, 0.1) is 24.7 Å². The number of Topliss-reactive ketones (excluding diaryl/α,β-unsaturated/α-hetero) is 1. The second-order valence-electron chi connectivity index (χ2n) is 8.45. The van der Waals surface area contributed by atoms with Gasteiger partial charge in [-0.2, -0.15) is 0 Å². The van der Waals surface area contributed by atoms with Gasteiger partial charge in [-0.3, -0.25) is 9.59 Å². The van der Waals surface area contributed by atoms with Crippen LogP contribution in [0.5, 0.6) is 5.75 Å². The minimum absolute atomic E-state index is 0.0994. The third-order valence-electron chi connectivity index (χ3n) is 5.48. The van der Waals surface area contributed by atoms with E-state index in [0.29, 0.717) is 28.9 Å². The maximum absolute atomic E-state index is 14.0. The zero-order valence-corrected chi connectivity index (χ0v) is 18.8. The summed E-state index contributed by atoms with van der Waals surface area (Å²) >= 11 is 0. The first kappa shape index (κ1) is 22.4. The molecule has 5 nitrogen and oxygen atoms in total. The minimum atomic E-state index is -0.461. The summed E-state index contributed by atoms with van der Waals surface area (Å²) in [6.07, 6.45) is 1.28. The first-order valence-electron chi connectivity index (χ1n) is 10.8. The molecular formula is C27H25FN2O3. The lowest BCUT2D eigenvalue weighted by Gasteiger charge is -2.11. The van der Waals surface area contributed by atoms with Crippen LogP contribution >= 0.6 is 0 Å². The highest BCUT2D eigenvalue weighted by atomic mass is 19.1. The van der Waals surface area contributed by atoms with Crippen molar-refractivity contribution in [2.75, 3.05) is 7.11 Å². The molecule has 0 atom stereocenters. The predicted molar refractivity (Wildman–Crippen MR) is 127 cm³/mol. The molecule has 1 aromatic heterocycles. The first-order chi connectivity index (χ1) is 15.9. The molecule has 0 bridgehead atoms. The van der Waals surface area contributed by atoms with Crippen molar-refractivity contribution in [1.29, 1.82) is 0 Å². The average Bonchev–Trinajstić information content (AvgIpc) is 3.16. The Balaban J connectivity index is 1.86. The molecule has 6 heteroatoms. The van der Waals surface area contributed by atoms with Gasteiger partial charge in [0, 0.05) is 17.5 Å². The second-order valence-corrected chi connectivity index (χ2v) is 8.45. The van der Waals surface area contributed by atoms with Crippen molar-refractivity contribution in [3.05, 3.63) is 72.0 Å². The van der Waals surface area contributed by atoms with E-state index in [4.69, 9.17) is 9.72 Å². The molecule has 1 heterocycles. The van der Waals surface area contributed by atoms with Crippen LogP contribution in [0.3, 0.4) is 0 Å². The van der Waals surface area contributed by atoms with E-state index in [-0.39, 0.29) is 24.0 Å². The van der Waals surface area contributed by atoms with E-state index in [1.807, 2.05) is 54.8 Å². The fraction of sp³-hybridized carbons (Fsp3) is 0.222. The fourth-order valence-corrected chi connectivity index (χ4v) is 3.98. The zero-order valence-electron chi connectivity index (χ0n) is 18.8. The van der Waals surface area contributed by atoms with Crippen LogP contribution in [0.4, 0.5) is 4.39 Å². The first-order valence-corrected chi connectivity index (χ1v) is 10.8. The average molecular weight is 445 g/mol. The smallest absolute Gasteiger partial charge is 0.165 e. The molecule has 0 amide bonds. The maximum Gasteiger partial charge on any atom is 0.165 e. The van der Waals surface area contributed by atoms with Crippen molar-refractivity contribution >= 4 is 23.1 Å². The number of carbonyl (C=O) groups excluding carboxylic acids is 2. The van der Waals surface area contributed by atoms with Gasteiger partial charge in [0.25, 0.3) is 0 Å². The molecule has 0 spiro atoms. The minimum Gasteiger partial charge on any atom is -0.494 e. The fourth-order valence-electron chi connectivity index (χ4n) is 3.98. The molecule has 0 saturated carbocycles. The number of aldehydes is 1. The third-order valence-corrected chi connectivity index (χ3v) is 5.48. The molecule has 0 aliphatic carbocycles. The van der Waals surface area contributed by atoms with Crippen molar-refractivity contribution in [3.8, 4) is 28.3 Å². The largest absolute Gasteiger partial charge is 0.494 e. The molecule has 3 aromatic carbocycles. The van der Waals surface area contributed by atoms with Crippen molar-refractivity contribution in [2.24, 2.45) is 5.92 Å². The number of nitrogens with zero attached hydrogens (tertiary/aromatic N) is 2. The number of ether oxygens (including phenoxy) is 1. The summed E-state index contributed by atoms with van der Waals surface area (Å²) in [7, 11) is 1.41. The highest BCUT2D eigenvalue weighted by Crippen LogP contribution is 2.31. The number of halogens is 1. The topological polar surface area (TPSA) is 61.2 Å². The van der Waals surface area contributed by atoms with Gasteiger partial charge in [0.1, 0.15) is 12.1 Å². The molecule has 0 aliphatic heterocycles. The summed E-state index contributed by atoms with van der Waals surface area (Å²) in [5.41, 5.74) is 4.58. The van der Waals surface area contributed by atoms with Gasteiger partial charge in [-0.05, 0) is 53.4 Å². The number of aromatic nitrogens is 2. The second kappa shape index (κ2) is 9.36. The van der Waals surface area contributed by atoms with Gasteiger partial charge in [0.15, 0.2) is 17.3 Å². The maximum atomic E-state index is 14.0. The van der Waals surface area contributed by atoms with Gasteiger partial charge in [-0.15, -0.1) is 0 Å². The van der Waals surface area contributed by atoms with Crippen LogP contribution in [0.2, 0.25) is 0 Å². The number of ketones is 1. The lowest BCUT2D eigenvalue weighted by Crippen LogP contribution is -2.13. The standard InChI is InChI=1S/C27H25FN2O3/c1-17(2)11-22(32)15-30-25-10-8-20(19-6-4-5-18(12-19)16-31)13-24(25)29-27(30)21-7-9-23(28)26(14-21)33-3/h4-10,12-14,16-17H,11,15H2,1-3H3. The number of hydrogen-bond donors (Lipinski definition) is 0. The van der Waals surface area contributed by atoms with Crippen molar-refractivity contribution in [2.45, 2.75) is 26.8 Å². The van der Waals surface area contributed by atoms with Gasteiger partial charge in [0.2, 0.25) is 0 Å². The van der Waals surface area contributed by atoms with Crippen molar-refractivity contribution in [3.63, 3.8) is 0 Å². The van der Waals surface area contributed by atoms with E-state index in [1.54, 1.807) is 18.2 Å². The lowest BCUT2D eigenvalue weighted by atomic mass is 10.0. The summed E-state index contributed by atoms with van der Waals surface area (Å²) < 4.78 is 21.0.